The van der Waals surface area contributed by atoms with Crippen molar-refractivity contribution in [1.29, 1.82) is 0 Å². The number of ether oxygens (including phenoxy) is 4. The smallest absolute Gasteiger partial charge is 0.351 e. The van der Waals surface area contributed by atoms with Crippen molar-refractivity contribution in [2.45, 2.75) is 44.9 Å². The van der Waals surface area contributed by atoms with Gasteiger partial charge in [-0.15, -0.1) is 0 Å². The minimum atomic E-state index is -0.311. The van der Waals surface area contributed by atoms with E-state index in [9.17, 15) is 4.79 Å². The van der Waals surface area contributed by atoms with Crippen molar-refractivity contribution in [3.8, 4) is 34.4 Å². The molecule has 2 aliphatic heterocycles. The predicted molar refractivity (Wildman–Crippen MR) is 137 cm³/mol. The van der Waals surface area contributed by atoms with Gasteiger partial charge in [0.15, 0.2) is 17.6 Å². The SMILES string of the molecule is CCC(CCOc1ccc2c(c1)CCn1c-2cc(OCC2COc3ccccc3O2)nc1=O)N(C)C. The monoisotopic (exact) mass is 491 g/mol. The van der Waals surface area contributed by atoms with Crippen molar-refractivity contribution in [2.24, 2.45) is 0 Å². The van der Waals surface area contributed by atoms with Gasteiger partial charge < -0.3 is 23.8 Å². The third kappa shape index (κ3) is 5.18. The van der Waals surface area contributed by atoms with Crippen LogP contribution in [0.5, 0.6) is 23.1 Å². The Morgan fingerprint density at radius 3 is 2.78 bits per heavy atom. The van der Waals surface area contributed by atoms with E-state index in [1.165, 1.54) is 0 Å². The Hall–Kier alpha value is -3.52. The van der Waals surface area contributed by atoms with E-state index in [4.69, 9.17) is 18.9 Å². The minimum Gasteiger partial charge on any atom is -0.494 e. The summed E-state index contributed by atoms with van der Waals surface area (Å²) in [5.74, 6) is 2.56. The highest BCUT2D eigenvalue weighted by molar-refractivity contribution is 5.67. The van der Waals surface area contributed by atoms with E-state index in [1.807, 2.05) is 42.5 Å². The maximum absolute atomic E-state index is 12.8. The fourth-order valence-electron chi connectivity index (χ4n) is 4.81. The Balaban J connectivity index is 1.27. The first kappa shape index (κ1) is 24.2. The molecule has 0 saturated heterocycles. The maximum Gasteiger partial charge on any atom is 0.351 e. The van der Waals surface area contributed by atoms with Crippen LogP contribution in [0.3, 0.4) is 0 Å². The highest BCUT2D eigenvalue weighted by Crippen LogP contribution is 2.33. The maximum atomic E-state index is 12.8. The normalized spacial score (nSPS) is 16.7. The number of aryl methyl sites for hydroxylation is 1. The summed E-state index contributed by atoms with van der Waals surface area (Å²) in [5.41, 5.74) is 2.66. The third-order valence-corrected chi connectivity index (χ3v) is 6.85. The van der Waals surface area contributed by atoms with Gasteiger partial charge in [-0.2, -0.15) is 4.98 Å². The van der Waals surface area contributed by atoms with Gasteiger partial charge >= 0.3 is 5.69 Å². The van der Waals surface area contributed by atoms with Crippen molar-refractivity contribution in [1.82, 2.24) is 14.5 Å². The molecule has 2 aliphatic rings. The molecule has 0 N–H and O–H groups in total. The number of fused-ring (bicyclic) bond motifs is 4. The summed E-state index contributed by atoms with van der Waals surface area (Å²) in [4.78, 5) is 19.1. The number of para-hydroxylation sites is 2. The summed E-state index contributed by atoms with van der Waals surface area (Å²) < 4.78 is 25.4. The summed E-state index contributed by atoms with van der Waals surface area (Å²) in [7, 11) is 4.21. The second-order valence-corrected chi connectivity index (χ2v) is 9.45. The largest absolute Gasteiger partial charge is 0.494 e. The molecule has 0 amide bonds. The zero-order valence-corrected chi connectivity index (χ0v) is 21.1. The van der Waals surface area contributed by atoms with Crippen LogP contribution in [0.1, 0.15) is 25.3 Å². The summed E-state index contributed by atoms with van der Waals surface area (Å²) >= 11 is 0. The van der Waals surface area contributed by atoms with Crippen LogP contribution in [-0.4, -0.2) is 60.5 Å². The van der Waals surface area contributed by atoms with Crippen molar-refractivity contribution in [2.75, 3.05) is 33.9 Å². The van der Waals surface area contributed by atoms with Crippen LogP contribution in [0, 0.1) is 0 Å². The van der Waals surface area contributed by atoms with E-state index in [1.54, 1.807) is 4.57 Å². The Labute approximate surface area is 211 Å². The van der Waals surface area contributed by atoms with Gasteiger partial charge in [0.25, 0.3) is 0 Å². The molecule has 3 aromatic rings. The first-order chi connectivity index (χ1) is 17.5. The van der Waals surface area contributed by atoms with Crippen LogP contribution in [-0.2, 0) is 13.0 Å². The Morgan fingerprint density at radius 1 is 1.14 bits per heavy atom. The van der Waals surface area contributed by atoms with Crippen LogP contribution in [0.15, 0.2) is 53.3 Å². The average molecular weight is 492 g/mol. The molecular weight excluding hydrogens is 458 g/mol. The number of aromatic nitrogens is 2. The molecule has 2 atom stereocenters. The number of hydrogen-bond donors (Lipinski definition) is 0. The van der Waals surface area contributed by atoms with Crippen LogP contribution < -0.4 is 24.6 Å². The fourth-order valence-corrected chi connectivity index (χ4v) is 4.81. The van der Waals surface area contributed by atoms with Crippen molar-refractivity contribution in [3.05, 3.63) is 64.6 Å². The predicted octanol–water partition coefficient (Wildman–Crippen LogP) is 3.79. The molecule has 0 bridgehead atoms. The summed E-state index contributed by atoms with van der Waals surface area (Å²) in [6, 6.07) is 16.0. The summed E-state index contributed by atoms with van der Waals surface area (Å²) in [6.07, 6.45) is 2.54. The lowest BCUT2D eigenvalue weighted by molar-refractivity contribution is 0.0520. The molecule has 0 radical (unpaired) electrons. The molecule has 3 heterocycles. The zero-order valence-electron chi connectivity index (χ0n) is 21.1. The minimum absolute atomic E-state index is 0.232. The highest BCUT2D eigenvalue weighted by Gasteiger charge is 2.23. The van der Waals surface area contributed by atoms with Gasteiger partial charge in [-0.1, -0.05) is 19.1 Å². The molecule has 1 aromatic heterocycles. The number of nitrogens with zero attached hydrogens (tertiary/aromatic N) is 3. The van der Waals surface area contributed by atoms with E-state index in [-0.39, 0.29) is 24.3 Å². The molecule has 2 unspecified atom stereocenters. The molecule has 0 fully saturated rings. The average Bonchev–Trinajstić information content (AvgIpc) is 2.89. The van der Waals surface area contributed by atoms with Crippen molar-refractivity contribution in [3.63, 3.8) is 0 Å². The van der Waals surface area contributed by atoms with Crippen molar-refractivity contribution >= 4 is 0 Å². The van der Waals surface area contributed by atoms with Crippen LogP contribution in [0.4, 0.5) is 0 Å². The second kappa shape index (κ2) is 10.6. The quantitative estimate of drug-likeness (QED) is 0.451. The van der Waals surface area contributed by atoms with E-state index in [2.05, 4.69) is 37.0 Å². The summed E-state index contributed by atoms with van der Waals surface area (Å²) in [6.45, 7) is 4.05. The lowest BCUT2D eigenvalue weighted by Gasteiger charge is -2.26. The zero-order chi connectivity index (χ0) is 25.1. The molecule has 2 aromatic carbocycles. The van der Waals surface area contributed by atoms with E-state index < -0.39 is 0 Å². The van der Waals surface area contributed by atoms with E-state index in [0.29, 0.717) is 31.5 Å². The van der Waals surface area contributed by atoms with Gasteiger partial charge in [0.1, 0.15) is 19.0 Å². The lowest BCUT2D eigenvalue weighted by Crippen LogP contribution is -2.35. The molecule has 0 aliphatic carbocycles. The van der Waals surface area contributed by atoms with E-state index >= 15 is 0 Å². The standard InChI is InChI=1S/C28H33N3O5/c1-4-20(30(2)3)12-14-33-21-9-10-23-19(15-21)11-13-31-24(23)16-27(29-28(31)32)35-18-22-17-34-25-7-5-6-8-26(25)36-22/h5-10,15-16,20,22H,4,11-14,17-18H2,1-3H3. The molecule has 8 heteroatoms. The Bertz CT molecular complexity index is 1270. The Kier molecular flexibility index (Phi) is 7.13. The number of benzene rings is 2. The number of hydrogen-bond acceptors (Lipinski definition) is 7. The van der Waals surface area contributed by atoms with Crippen LogP contribution in [0.2, 0.25) is 0 Å². The lowest BCUT2D eigenvalue weighted by atomic mass is 9.97. The highest BCUT2D eigenvalue weighted by atomic mass is 16.6. The number of rotatable bonds is 9. The summed E-state index contributed by atoms with van der Waals surface area (Å²) in [5, 5.41) is 0. The molecule has 36 heavy (non-hydrogen) atoms. The first-order valence-corrected chi connectivity index (χ1v) is 12.6. The second-order valence-electron chi connectivity index (χ2n) is 9.45. The van der Waals surface area contributed by atoms with Gasteiger partial charge in [-0.3, -0.25) is 4.57 Å². The van der Waals surface area contributed by atoms with Gasteiger partial charge in [0, 0.05) is 24.2 Å². The molecule has 190 valence electrons. The van der Waals surface area contributed by atoms with Crippen LogP contribution in [0.25, 0.3) is 11.3 Å². The first-order valence-electron chi connectivity index (χ1n) is 12.6. The van der Waals surface area contributed by atoms with Crippen molar-refractivity contribution < 1.29 is 18.9 Å². The fraction of sp³-hybridized carbons (Fsp3) is 0.429. The third-order valence-electron chi connectivity index (χ3n) is 6.85. The van der Waals surface area contributed by atoms with Gasteiger partial charge in [-0.05, 0) is 69.3 Å². The molecule has 8 nitrogen and oxygen atoms in total. The molecular formula is C28H33N3O5. The van der Waals surface area contributed by atoms with E-state index in [0.717, 1.165) is 47.6 Å². The molecule has 0 spiro atoms. The van der Waals surface area contributed by atoms with Crippen LogP contribution >= 0.6 is 0 Å². The van der Waals surface area contributed by atoms with Gasteiger partial charge in [0.2, 0.25) is 5.88 Å². The molecule has 5 rings (SSSR count). The molecule has 0 saturated carbocycles. The Morgan fingerprint density at radius 2 is 1.97 bits per heavy atom. The topological polar surface area (TPSA) is 75.0 Å². The van der Waals surface area contributed by atoms with Gasteiger partial charge in [0.05, 0.1) is 12.3 Å². The van der Waals surface area contributed by atoms with Gasteiger partial charge in [-0.25, -0.2) is 4.79 Å².